The number of pyridine rings is 1. The largest absolute Gasteiger partial charge is 0.375 e. The summed E-state index contributed by atoms with van der Waals surface area (Å²) in [6, 6.07) is 6.16. The summed E-state index contributed by atoms with van der Waals surface area (Å²) in [7, 11) is 3.40. The molecule has 0 spiro atoms. The fraction of sp³-hybridized carbons (Fsp3) is 0.571. The molecule has 104 valence electrons. The predicted molar refractivity (Wildman–Crippen MR) is 74.1 cm³/mol. The number of amides is 1. The van der Waals surface area contributed by atoms with Crippen LogP contribution < -0.4 is 4.90 Å². The van der Waals surface area contributed by atoms with Crippen molar-refractivity contribution < 1.29 is 9.53 Å². The van der Waals surface area contributed by atoms with Crippen LogP contribution in [0.1, 0.15) is 12.8 Å². The lowest BCUT2D eigenvalue weighted by Gasteiger charge is -2.38. The lowest BCUT2D eigenvalue weighted by Crippen LogP contribution is -2.49. The highest BCUT2D eigenvalue weighted by Crippen LogP contribution is 2.20. The normalized spacial score (nSPS) is 19.3. The zero-order valence-electron chi connectivity index (χ0n) is 11.6. The highest BCUT2D eigenvalue weighted by Gasteiger charge is 2.26. The van der Waals surface area contributed by atoms with Crippen LogP contribution in [0.4, 0.5) is 5.82 Å². The molecular formula is C14H21N3O2. The molecule has 2 heterocycles. The minimum atomic E-state index is 0.0374. The molecule has 0 aliphatic carbocycles. The molecule has 1 aliphatic rings. The molecule has 0 aromatic carbocycles. The second-order valence-electron chi connectivity index (χ2n) is 4.87. The van der Waals surface area contributed by atoms with Crippen LogP contribution in [0, 0.1) is 0 Å². The highest BCUT2D eigenvalue weighted by molar-refractivity contribution is 5.77. The van der Waals surface area contributed by atoms with E-state index in [1.54, 1.807) is 18.2 Å². The zero-order chi connectivity index (χ0) is 13.7. The Morgan fingerprint density at radius 1 is 1.58 bits per heavy atom. The number of ether oxygens (including phenoxy) is 1. The molecule has 1 saturated heterocycles. The minimum absolute atomic E-state index is 0.0374. The van der Waals surface area contributed by atoms with Crippen molar-refractivity contribution in [3.63, 3.8) is 0 Å². The monoisotopic (exact) mass is 263 g/mol. The maximum Gasteiger partial charge on any atom is 0.248 e. The van der Waals surface area contributed by atoms with Gasteiger partial charge in [0.1, 0.15) is 12.4 Å². The number of aromatic nitrogens is 1. The first-order chi connectivity index (χ1) is 9.22. The molecule has 5 nitrogen and oxygen atoms in total. The maximum absolute atomic E-state index is 11.9. The number of anilines is 1. The lowest BCUT2D eigenvalue weighted by atomic mass is 10.0. The summed E-state index contributed by atoms with van der Waals surface area (Å²) in [6.45, 7) is 1.99. The summed E-state index contributed by atoms with van der Waals surface area (Å²) >= 11 is 0. The van der Waals surface area contributed by atoms with Crippen LogP contribution in [-0.4, -0.2) is 55.7 Å². The predicted octanol–water partition coefficient (Wildman–Crippen LogP) is 1.16. The van der Waals surface area contributed by atoms with Crippen LogP contribution in [0.2, 0.25) is 0 Å². The standard InChI is InChI=1S/C14H21N3O2/c1-16(14(18)11-19-2)12-6-5-9-17(10-12)13-7-3-4-8-15-13/h3-4,7-8,12H,5-6,9-11H2,1-2H3/t12-/m1/s1. The molecule has 5 heteroatoms. The highest BCUT2D eigenvalue weighted by atomic mass is 16.5. The van der Waals surface area contributed by atoms with Gasteiger partial charge >= 0.3 is 0 Å². The van der Waals surface area contributed by atoms with Crippen molar-refractivity contribution >= 4 is 11.7 Å². The van der Waals surface area contributed by atoms with Gasteiger partial charge in [0.15, 0.2) is 0 Å². The van der Waals surface area contributed by atoms with Gasteiger partial charge in [0, 0.05) is 39.5 Å². The summed E-state index contributed by atoms with van der Waals surface area (Å²) in [5.41, 5.74) is 0. The summed E-state index contributed by atoms with van der Waals surface area (Å²) in [5.74, 6) is 1.02. The third-order valence-electron chi connectivity index (χ3n) is 3.58. The van der Waals surface area contributed by atoms with Crippen molar-refractivity contribution in [2.45, 2.75) is 18.9 Å². The molecule has 1 aromatic rings. The van der Waals surface area contributed by atoms with Gasteiger partial charge in [0.05, 0.1) is 0 Å². The molecule has 0 bridgehead atoms. The number of carbonyl (C=O) groups is 1. The third kappa shape index (κ3) is 3.44. The number of hydrogen-bond acceptors (Lipinski definition) is 4. The van der Waals surface area contributed by atoms with E-state index >= 15 is 0 Å². The number of piperidine rings is 1. The molecule has 1 atom stereocenters. The summed E-state index contributed by atoms with van der Waals surface area (Å²) < 4.78 is 4.91. The second-order valence-corrected chi connectivity index (χ2v) is 4.87. The van der Waals surface area contributed by atoms with E-state index < -0.39 is 0 Å². The van der Waals surface area contributed by atoms with Gasteiger partial charge in [0.2, 0.25) is 5.91 Å². The van der Waals surface area contributed by atoms with E-state index in [0.717, 1.165) is 31.7 Å². The van der Waals surface area contributed by atoms with Crippen molar-refractivity contribution in [2.24, 2.45) is 0 Å². The first-order valence-electron chi connectivity index (χ1n) is 6.63. The molecule has 0 saturated carbocycles. The molecule has 0 radical (unpaired) electrons. The SMILES string of the molecule is COCC(=O)N(C)[C@@H]1CCCN(c2ccccn2)C1. The number of carbonyl (C=O) groups excluding carboxylic acids is 1. The van der Waals surface area contributed by atoms with E-state index in [2.05, 4.69) is 9.88 Å². The van der Waals surface area contributed by atoms with Crippen molar-refractivity contribution in [2.75, 3.05) is 38.8 Å². The number of rotatable bonds is 4. The van der Waals surface area contributed by atoms with Gasteiger partial charge in [-0.25, -0.2) is 4.98 Å². The number of hydrogen-bond donors (Lipinski definition) is 0. The van der Waals surface area contributed by atoms with Gasteiger partial charge in [-0.3, -0.25) is 4.79 Å². The minimum Gasteiger partial charge on any atom is -0.375 e. The Hall–Kier alpha value is -1.62. The fourth-order valence-electron chi connectivity index (χ4n) is 2.45. The molecular weight excluding hydrogens is 242 g/mol. The van der Waals surface area contributed by atoms with Crippen molar-refractivity contribution in [1.82, 2.24) is 9.88 Å². The van der Waals surface area contributed by atoms with E-state index in [-0.39, 0.29) is 18.6 Å². The van der Waals surface area contributed by atoms with Gasteiger partial charge in [-0.1, -0.05) is 6.07 Å². The van der Waals surface area contributed by atoms with E-state index in [0.29, 0.717) is 0 Å². The lowest BCUT2D eigenvalue weighted by molar-refractivity contribution is -0.136. The number of nitrogens with zero attached hydrogens (tertiary/aromatic N) is 3. The average molecular weight is 263 g/mol. The van der Waals surface area contributed by atoms with Gasteiger partial charge < -0.3 is 14.5 Å². The Bertz CT molecular complexity index is 410. The van der Waals surface area contributed by atoms with Crippen LogP contribution >= 0.6 is 0 Å². The van der Waals surface area contributed by atoms with Crippen LogP contribution in [0.25, 0.3) is 0 Å². The molecule has 1 amide bonds. The van der Waals surface area contributed by atoms with Gasteiger partial charge in [0.25, 0.3) is 0 Å². The third-order valence-corrected chi connectivity index (χ3v) is 3.58. The molecule has 0 N–H and O–H groups in total. The van der Waals surface area contributed by atoms with Crippen molar-refractivity contribution in [3.8, 4) is 0 Å². The molecule has 2 rings (SSSR count). The van der Waals surface area contributed by atoms with Crippen LogP contribution in [-0.2, 0) is 9.53 Å². The Kier molecular flexibility index (Phi) is 4.74. The van der Waals surface area contributed by atoms with Gasteiger partial charge in [-0.2, -0.15) is 0 Å². The molecule has 1 aliphatic heterocycles. The first kappa shape index (κ1) is 13.8. The maximum atomic E-state index is 11.9. The summed E-state index contributed by atoms with van der Waals surface area (Å²) in [4.78, 5) is 20.3. The Morgan fingerprint density at radius 3 is 3.11 bits per heavy atom. The first-order valence-corrected chi connectivity index (χ1v) is 6.63. The van der Waals surface area contributed by atoms with Crippen LogP contribution in [0.3, 0.4) is 0 Å². The van der Waals surface area contributed by atoms with Crippen LogP contribution in [0.5, 0.6) is 0 Å². The fourth-order valence-corrected chi connectivity index (χ4v) is 2.45. The molecule has 1 aromatic heterocycles. The van der Waals surface area contributed by atoms with E-state index in [9.17, 15) is 4.79 Å². The molecule has 1 fully saturated rings. The smallest absolute Gasteiger partial charge is 0.248 e. The average Bonchev–Trinajstić information content (AvgIpc) is 2.48. The quantitative estimate of drug-likeness (QED) is 0.817. The van der Waals surface area contributed by atoms with E-state index in [4.69, 9.17) is 4.74 Å². The van der Waals surface area contributed by atoms with Crippen molar-refractivity contribution in [3.05, 3.63) is 24.4 Å². The number of likely N-dealkylation sites (N-methyl/N-ethyl adjacent to an activating group) is 1. The molecule has 0 unspecified atom stereocenters. The van der Waals surface area contributed by atoms with Gasteiger partial charge in [-0.05, 0) is 25.0 Å². The number of methoxy groups -OCH3 is 1. The topological polar surface area (TPSA) is 45.7 Å². The summed E-state index contributed by atoms with van der Waals surface area (Å²) in [6.07, 6.45) is 3.92. The second kappa shape index (κ2) is 6.52. The molecule has 19 heavy (non-hydrogen) atoms. The van der Waals surface area contributed by atoms with Crippen molar-refractivity contribution in [1.29, 1.82) is 0 Å². The Morgan fingerprint density at radius 2 is 2.42 bits per heavy atom. The zero-order valence-corrected chi connectivity index (χ0v) is 11.6. The Labute approximate surface area is 114 Å². The van der Waals surface area contributed by atoms with Gasteiger partial charge in [-0.15, -0.1) is 0 Å². The van der Waals surface area contributed by atoms with E-state index in [1.807, 2.05) is 25.2 Å². The van der Waals surface area contributed by atoms with E-state index in [1.165, 1.54) is 0 Å². The Balaban J connectivity index is 1.99. The summed E-state index contributed by atoms with van der Waals surface area (Å²) in [5, 5.41) is 0. The van der Waals surface area contributed by atoms with Crippen LogP contribution in [0.15, 0.2) is 24.4 Å².